The maximum Gasteiger partial charge on any atom is 0.178 e. The lowest BCUT2D eigenvalue weighted by atomic mass is 10.1. The third-order valence-corrected chi connectivity index (χ3v) is 1.71. The molecule has 0 unspecified atom stereocenters. The minimum atomic E-state index is -0.525. The van der Waals surface area contributed by atoms with Gasteiger partial charge in [-0.1, -0.05) is 0 Å². The zero-order valence-corrected chi connectivity index (χ0v) is 7.83. The molecule has 0 saturated carbocycles. The third-order valence-electron chi connectivity index (χ3n) is 1.71. The molecule has 0 aliphatic rings. The average Bonchev–Trinajstić information content (AvgIpc) is 2.08. The van der Waals surface area contributed by atoms with Crippen LogP contribution in [0.1, 0.15) is 10.4 Å². The van der Waals surface area contributed by atoms with E-state index in [1.807, 2.05) is 0 Å². The lowest BCUT2D eigenvalue weighted by Gasteiger charge is -2.08. The maximum atomic E-state index is 12.8. The van der Waals surface area contributed by atoms with Gasteiger partial charge in [0.1, 0.15) is 5.82 Å². The average molecular weight is 197 g/mol. The molecule has 1 aromatic rings. The van der Waals surface area contributed by atoms with Gasteiger partial charge in [0, 0.05) is 12.6 Å². The highest BCUT2D eigenvalue weighted by atomic mass is 19.1. The third kappa shape index (κ3) is 2.51. The first-order chi connectivity index (χ1) is 6.50. The number of hydrogen-bond donors (Lipinski definition) is 2. The van der Waals surface area contributed by atoms with Crippen LogP contribution in [0.3, 0.4) is 0 Å². The van der Waals surface area contributed by atoms with Gasteiger partial charge in [0.2, 0.25) is 0 Å². The second-order valence-corrected chi connectivity index (χ2v) is 3.07. The number of carbonyl (C=O) groups is 1. The fourth-order valence-electron chi connectivity index (χ4n) is 1.03. The molecule has 0 radical (unpaired) electrons. The summed E-state index contributed by atoms with van der Waals surface area (Å²) in [6.07, 6.45) is 0. The molecule has 0 atom stereocenters. The lowest BCUT2D eigenvalue weighted by Crippen LogP contribution is -2.31. The van der Waals surface area contributed by atoms with Crippen molar-refractivity contribution in [2.45, 2.75) is 0 Å². The van der Waals surface area contributed by atoms with E-state index in [1.165, 1.54) is 23.2 Å². The number of hydrogen-bond acceptors (Lipinski definition) is 4. The Labute approximate surface area is 81.3 Å². The van der Waals surface area contributed by atoms with Crippen LogP contribution in [-0.4, -0.2) is 24.4 Å². The number of nitrogens with two attached hydrogens (primary N) is 2. The number of benzene rings is 1. The number of rotatable bonds is 3. The molecule has 0 heterocycles. The van der Waals surface area contributed by atoms with Crippen LogP contribution in [0.25, 0.3) is 0 Å². The van der Waals surface area contributed by atoms with Crippen LogP contribution < -0.4 is 11.6 Å². The van der Waals surface area contributed by atoms with E-state index < -0.39 is 5.82 Å². The highest BCUT2D eigenvalue weighted by molar-refractivity contribution is 5.98. The summed E-state index contributed by atoms with van der Waals surface area (Å²) in [7, 11) is 1.57. The minimum Gasteiger partial charge on any atom is -0.396 e. The molecule has 0 bridgehead atoms. The zero-order valence-electron chi connectivity index (χ0n) is 7.83. The summed E-state index contributed by atoms with van der Waals surface area (Å²) in [6.45, 7) is 0.0745. The van der Waals surface area contributed by atoms with Crippen molar-refractivity contribution in [2.75, 3.05) is 19.3 Å². The summed E-state index contributed by atoms with van der Waals surface area (Å²) >= 11 is 0. The molecule has 1 aromatic carbocycles. The Balaban J connectivity index is 2.86. The van der Waals surface area contributed by atoms with Crippen molar-refractivity contribution in [2.24, 2.45) is 5.84 Å². The second-order valence-electron chi connectivity index (χ2n) is 3.07. The van der Waals surface area contributed by atoms with Gasteiger partial charge in [0.15, 0.2) is 5.78 Å². The number of carbonyl (C=O) groups excluding carboxylic acids is 1. The molecule has 4 N–H and O–H groups in total. The minimum absolute atomic E-state index is 0.0319. The highest BCUT2D eigenvalue weighted by Crippen LogP contribution is 2.12. The van der Waals surface area contributed by atoms with Crippen molar-refractivity contribution < 1.29 is 9.18 Å². The molecule has 4 nitrogen and oxygen atoms in total. The molecule has 14 heavy (non-hydrogen) atoms. The first-order valence-electron chi connectivity index (χ1n) is 4.05. The molecule has 0 aliphatic carbocycles. The second kappa shape index (κ2) is 4.17. The number of likely N-dealkylation sites (N-methyl/N-ethyl adjacent to an activating group) is 1. The molecule has 0 spiro atoms. The summed E-state index contributed by atoms with van der Waals surface area (Å²) < 4.78 is 12.8. The number of ketones is 1. The molecule has 0 fully saturated rings. The molecule has 0 aromatic heterocycles. The van der Waals surface area contributed by atoms with E-state index in [-0.39, 0.29) is 18.0 Å². The summed E-state index contributed by atoms with van der Waals surface area (Å²) in [5.74, 6) is 4.59. The van der Waals surface area contributed by atoms with Gasteiger partial charge in [-0.3, -0.25) is 10.6 Å². The zero-order chi connectivity index (χ0) is 10.7. The summed E-state index contributed by atoms with van der Waals surface area (Å²) in [5, 5.41) is 1.25. The predicted octanol–water partition coefficient (Wildman–Crippen LogP) is 0.396. The first-order valence-corrected chi connectivity index (χ1v) is 4.05. The molecule has 0 amide bonds. The van der Waals surface area contributed by atoms with Gasteiger partial charge >= 0.3 is 0 Å². The van der Waals surface area contributed by atoms with E-state index >= 15 is 0 Å². The normalized spacial score (nSPS) is 10.6. The van der Waals surface area contributed by atoms with Crippen LogP contribution in [-0.2, 0) is 0 Å². The van der Waals surface area contributed by atoms with E-state index in [1.54, 1.807) is 7.05 Å². The molecule has 0 aliphatic heterocycles. The highest BCUT2D eigenvalue weighted by Gasteiger charge is 2.08. The number of Topliss-reactive ketones (excluding diaryl/α,β-unsaturated/α-hetero) is 1. The predicted molar refractivity (Wildman–Crippen MR) is 52.0 cm³/mol. The van der Waals surface area contributed by atoms with Gasteiger partial charge in [-0.2, -0.15) is 0 Å². The Morgan fingerprint density at radius 2 is 2.21 bits per heavy atom. The number of halogens is 1. The number of anilines is 1. The monoisotopic (exact) mass is 197 g/mol. The Hall–Kier alpha value is -1.46. The fraction of sp³-hybridized carbons (Fsp3) is 0.222. The first kappa shape index (κ1) is 10.6. The van der Waals surface area contributed by atoms with Crippen LogP contribution in [0, 0.1) is 5.82 Å². The summed E-state index contributed by atoms with van der Waals surface area (Å²) in [4.78, 5) is 11.4. The SMILES string of the molecule is CN(N)CC(=O)c1ccc(F)c(N)c1. The quantitative estimate of drug-likeness (QED) is 0.318. The fourth-order valence-corrected chi connectivity index (χ4v) is 1.03. The summed E-state index contributed by atoms with van der Waals surface area (Å²) in [6, 6.07) is 3.86. The van der Waals surface area contributed by atoms with Crippen LogP contribution in [0.4, 0.5) is 10.1 Å². The maximum absolute atomic E-state index is 12.8. The Morgan fingerprint density at radius 3 is 2.71 bits per heavy atom. The molecule has 0 saturated heterocycles. The molecule has 1 rings (SSSR count). The largest absolute Gasteiger partial charge is 0.396 e. The van der Waals surface area contributed by atoms with Gasteiger partial charge < -0.3 is 5.73 Å². The van der Waals surface area contributed by atoms with E-state index in [4.69, 9.17) is 11.6 Å². The number of hydrazine groups is 1. The van der Waals surface area contributed by atoms with Gasteiger partial charge in [0.25, 0.3) is 0 Å². The van der Waals surface area contributed by atoms with Crippen molar-refractivity contribution >= 4 is 11.5 Å². The van der Waals surface area contributed by atoms with Gasteiger partial charge in [-0.25, -0.2) is 9.40 Å². The van der Waals surface area contributed by atoms with Crippen molar-refractivity contribution in [1.29, 1.82) is 0 Å². The van der Waals surface area contributed by atoms with Crippen LogP contribution in [0.2, 0.25) is 0 Å². The van der Waals surface area contributed by atoms with Gasteiger partial charge in [0.05, 0.1) is 12.2 Å². The van der Waals surface area contributed by atoms with E-state index in [9.17, 15) is 9.18 Å². The van der Waals surface area contributed by atoms with Crippen molar-refractivity contribution in [1.82, 2.24) is 5.01 Å². The van der Waals surface area contributed by atoms with Crippen LogP contribution >= 0.6 is 0 Å². The smallest absolute Gasteiger partial charge is 0.178 e. The molecular formula is C9H12FN3O. The van der Waals surface area contributed by atoms with Crippen molar-refractivity contribution in [3.8, 4) is 0 Å². The Morgan fingerprint density at radius 1 is 1.57 bits per heavy atom. The van der Waals surface area contributed by atoms with Gasteiger partial charge in [-0.15, -0.1) is 0 Å². The molecule has 76 valence electrons. The number of nitrogens with zero attached hydrogens (tertiary/aromatic N) is 1. The van der Waals surface area contributed by atoms with Gasteiger partial charge in [-0.05, 0) is 18.2 Å². The lowest BCUT2D eigenvalue weighted by molar-refractivity contribution is 0.0947. The van der Waals surface area contributed by atoms with Crippen molar-refractivity contribution in [3.63, 3.8) is 0 Å². The van der Waals surface area contributed by atoms with E-state index in [2.05, 4.69) is 0 Å². The number of nitrogen functional groups attached to an aromatic ring is 1. The molecule has 5 heteroatoms. The van der Waals surface area contributed by atoms with E-state index in [0.29, 0.717) is 5.56 Å². The van der Waals surface area contributed by atoms with E-state index in [0.717, 1.165) is 0 Å². The standard InChI is InChI=1S/C9H12FN3O/c1-13(12)5-9(14)6-2-3-7(10)8(11)4-6/h2-4H,5,11-12H2,1H3. The Kier molecular flexibility index (Phi) is 3.16. The van der Waals surface area contributed by atoms with Crippen molar-refractivity contribution in [3.05, 3.63) is 29.6 Å². The molecular weight excluding hydrogens is 185 g/mol. The topological polar surface area (TPSA) is 72.3 Å². The summed E-state index contributed by atoms with van der Waals surface area (Å²) in [5.41, 5.74) is 5.65. The Bertz CT molecular complexity index is 352. The van der Waals surface area contributed by atoms with Crippen LogP contribution in [0.15, 0.2) is 18.2 Å². The van der Waals surface area contributed by atoms with Crippen LogP contribution in [0.5, 0.6) is 0 Å².